The molecule has 0 saturated carbocycles. The summed E-state index contributed by atoms with van der Waals surface area (Å²) in [6, 6.07) is 4.68. The van der Waals surface area contributed by atoms with Gasteiger partial charge in [0.2, 0.25) is 0 Å². The predicted octanol–water partition coefficient (Wildman–Crippen LogP) is 3.25. The summed E-state index contributed by atoms with van der Waals surface area (Å²) in [4.78, 5) is 0. The Bertz CT molecular complexity index is 373. The molecule has 18 heavy (non-hydrogen) atoms. The SMILES string of the molecule is C=CCNCC(C)Oc1ccc(C(F)(F)F)cc1. The second-order valence-electron chi connectivity index (χ2n) is 3.90. The molecular formula is C13H16F3NO. The summed E-state index contributed by atoms with van der Waals surface area (Å²) in [6.07, 6.45) is -2.71. The van der Waals surface area contributed by atoms with Crippen LogP contribution in [0, 0.1) is 0 Å². The van der Waals surface area contributed by atoms with E-state index in [0.717, 1.165) is 12.1 Å². The molecule has 1 aromatic carbocycles. The maximum atomic E-state index is 12.3. The lowest BCUT2D eigenvalue weighted by atomic mass is 10.2. The van der Waals surface area contributed by atoms with Gasteiger partial charge >= 0.3 is 6.18 Å². The molecule has 100 valence electrons. The Labute approximate surface area is 104 Å². The van der Waals surface area contributed by atoms with E-state index < -0.39 is 11.7 Å². The average molecular weight is 259 g/mol. The molecule has 0 amide bonds. The number of nitrogens with one attached hydrogen (secondary N) is 1. The van der Waals surface area contributed by atoms with E-state index in [-0.39, 0.29) is 6.10 Å². The molecule has 0 bridgehead atoms. The molecule has 1 rings (SSSR count). The highest BCUT2D eigenvalue weighted by atomic mass is 19.4. The maximum absolute atomic E-state index is 12.3. The molecule has 0 aliphatic heterocycles. The van der Waals surface area contributed by atoms with Gasteiger partial charge in [-0.2, -0.15) is 13.2 Å². The minimum absolute atomic E-state index is 0.123. The Morgan fingerprint density at radius 3 is 2.44 bits per heavy atom. The number of hydrogen-bond donors (Lipinski definition) is 1. The van der Waals surface area contributed by atoms with E-state index >= 15 is 0 Å². The molecule has 1 atom stereocenters. The summed E-state index contributed by atoms with van der Waals surface area (Å²) >= 11 is 0. The van der Waals surface area contributed by atoms with Gasteiger partial charge in [0, 0.05) is 13.1 Å². The van der Waals surface area contributed by atoms with Crippen LogP contribution in [0.4, 0.5) is 13.2 Å². The van der Waals surface area contributed by atoms with Gasteiger partial charge in [-0.05, 0) is 31.2 Å². The fraction of sp³-hybridized carbons (Fsp3) is 0.385. The van der Waals surface area contributed by atoms with Crippen LogP contribution in [-0.2, 0) is 6.18 Å². The van der Waals surface area contributed by atoms with Crippen molar-refractivity contribution in [1.29, 1.82) is 0 Å². The smallest absolute Gasteiger partial charge is 0.416 e. The van der Waals surface area contributed by atoms with Gasteiger partial charge < -0.3 is 10.1 Å². The van der Waals surface area contributed by atoms with Crippen LogP contribution in [0.3, 0.4) is 0 Å². The minimum atomic E-state index is -4.31. The van der Waals surface area contributed by atoms with E-state index in [1.807, 2.05) is 6.92 Å². The molecule has 1 unspecified atom stereocenters. The largest absolute Gasteiger partial charge is 0.489 e. The van der Waals surface area contributed by atoms with Crippen molar-refractivity contribution in [1.82, 2.24) is 5.32 Å². The van der Waals surface area contributed by atoms with Crippen molar-refractivity contribution in [2.75, 3.05) is 13.1 Å². The minimum Gasteiger partial charge on any atom is -0.489 e. The molecule has 0 saturated heterocycles. The van der Waals surface area contributed by atoms with Crippen molar-refractivity contribution >= 4 is 0 Å². The van der Waals surface area contributed by atoms with Crippen LogP contribution in [0.2, 0.25) is 0 Å². The van der Waals surface area contributed by atoms with Gasteiger partial charge in [-0.1, -0.05) is 6.08 Å². The van der Waals surface area contributed by atoms with Gasteiger partial charge in [0.1, 0.15) is 11.9 Å². The third-order valence-electron chi connectivity index (χ3n) is 2.24. The molecule has 1 aromatic rings. The lowest BCUT2D eigenvalue weighted by molar-refractivity contribution is -0.137. The predicted molar refractivity (Wildman–Crippen MR) is 64.6 cm³/mol. The van der Waals surface area contributed by atoms with Crippen molar-refractivity contribution in [3.8, 4) is 5.75 Å². The first-order valence-corrected chi connectivity index (χ1v) is 5.59. The highest BCUT2D eigenvalue weighted by molar-refractivity contribution is 5.29. The van der Waals surface area contributed by atoms with Crippen molar-refractivity contribution in [2.45, 2.75) is 19.2 Å². The van der Waals surface area contributed by atoms with E-state index in [2.05, 4.69) is 11.9 Å². The fourth-order valence-electron chi connectivity index (χ4n) is 1.39. The van der Waals surface area contributed by atoms with Crippen LogP contribution in [0.15, 0.2) is 36.9 Å². The summed E-state index contributed by atoms with van der Waals surface area (Å²) < 4.78 is 42.4. The number of ether oxygens (including phenoxy) is 1. The quantitative estimate of drug-likeness (QED) is 0.625. The Morgan fingerprint density at radius 1 is 1.33 bits per heavy atom. The van der Waals surface area contributed by atoms with E-state index in [4.69, 9.17) is 4.74 Å². The van der Waals surface area contributed by atoms with Gasteiger partial charge in [-0.25, -0.2) is 0 Å². The second-order valence-corrected chi connectivity index (χ2v) is 3.90. The molecule has 1 N–H and O–H groups in total. The van der Waals surface area contributed by atoms with E-state index in [9.17, 15) is 13.2 Å². The highest BCUT2D eigenvalue weighted by Gasteiger charge is 2.30. The molecule has 0 aromatic heterocycles. The molecule has 0 spiro atoms. The van der Waals surface area contributed by atoms with Gasteiger partial charge in [0.15, 0.2) is 0 Å². The van der Waals surface area contributed by atoms with Gasteiger partial charge in [-0.3, -0.25) is 0 Å². The zero-order valence-electron chi connectivity index (χ0n) is 10.1. The third-order valence-corrected chi connectivity index (χ3v) is 2.24. The normalized spacial score (nSPS) is 13.1. The Balaban J connectivity index is 2.50. The third kappa shape index (κ3) is 4.79. The topological polar surface area (TPSA) is 21.3 Å². The highest BCUT2D eigenvalue weighted by Crippen LogP contribution is 2.30. The molecule has 0 fully saturated rings. The lowest BCUT2D eigenvalue weighted by Crippen LogP contribution is -2.28. The molecule has 0 aliphatic rings. The Hall–Kier alpha value is -1.49. The number of alkyl halides is 3. The maximum Gasteiger partial charge on any atom is 0.416 e. The van der Waals surface area contributed by atoms with Crippen molar-refractivity contribution < 1.29 is 17.9 Å². The van der Waals surface area contributed by atoms with E-state index in [0.29, 0.717) is 18.8 Å². The first-order chi connectivity index (χ1) is 8.43. The fourth-order valence-corrected chi connectivity index (χ4v) is 1.39. The van der Waals surface area contributed by atoms with Crippen LogP contribution >= 0.6 is 0 Å². The molecule has 2 nitrogen and oxygen atoms in total. The molecular weight excluding hydrogens is 243 g/mol. The number of halogens is 3. The Kier molecular flexibility index (Phi) is 5.22. The van der Waals surface area contributed by atoms with Crippen molar-refractivity contribution in [2.24, 2.45) is 0 Å². The summed E-state index contributed by atoms with van der Waals surface area (Å²) in [5, 5.41) is 3.07. The second kappa shape index (κ2) is 6.44. The molecule has 0 radical (unpaired) electrons. The number of benzene rings is 1. The number of rotatable bonds is 6. The molecule has 0 heterocycles. The zero-order valence-corrected chi connectivity index (χ0v) is 10.1. The standard InChI is InChI=1S/C13H16F3NO/c1-3-8-17-9-10(2)18-12-6-4-11(5-7-12)13(14,15)16/h3-7,10,17H,1,8-9H2,2H3. The van der Waals surface area contributed by atoms with Crippen LogP contribution in [0.1, 0.15) is 12.5 Å². The summed E-state index contributed by atoms with van der Waals surface area (Å²) in [7, 11) is 0. The van der Waals surface area contributed by atoms with Crippen LogP contribution in [0.25, 0.3) is 0 Å². The average Bonchev–Trinajstić information content (AvgIpc) is 2.29. The summed E-state index contributed by atoms with van der Waals surface area (Å²) in [5.41, 5.74) is -0.674. The van der Waals surface area contributed by atoms with Gasteiger partial charge in [0.25, 0.3) is 0 Å². The molecule has 5 heteroatoms. The van der Waals surface area contributed by atoms with Gasteiger partial charge in [0.05, 0.1) is 5.56 Å². The monoisotopic (exact) mass is 259 g/mol. The van der Waals surface area contributed by atoms with Gasteiger partial charge in [-0.15, -0.1) is 6.58 Å². The summed E-state index contributed by atoms with van der Waals surface area (Å²) in [6.45, 7) is 6.68. The van der Waals surface area contributed by atoms with Crippen molar-refractivity contribution in [3.63, 3.8) is 0 Å². The van der Waals surface area contributed by atoms with Crippen LogP contribution in [0.5, 0.6) is 5.75 Å². The van der Waals surface area contributed by atoms with Crippen LogP contribution in [-0.4, -0.2) is 19.2 Å². The van der Waals surface area contributed by atoms with Crippen molar-refractivity contribution in [3.05, 3.63) is 42.5 Å². The Morgan fingerprint density at radius 2 is 1.94 bits per heavy atom. The van der Waals surface area contributed by atoms with Crippen LogP contribution < -0.4 is 10.1 Å². The lowest BCUT2D eigenvalue weighted by Gasteiger charge is -2.15. The summed E-state index contributed by atoms with van der Waals surface area (Å²) in [5.74, 6) is 0.427. The van der Waals surface area contributed by atoms with E-state index in [1.54, 1.807) is 6.08 Å². The van der Waals surface area contributed by atoms with E-state index in [1.165, 1.54) is 12.1 Å². The first-order valence-electron chi connectivity index (χ1n) is 5.59. The zero-order chi connectivity index (χ0) is 13.6. The molecule has 0 aliphatic carbocycles. The first kappa shape index (κ1) is 14.6. The number of hydrogen-bond acceptors (Lipinski definition) is 2.